The number of aromatic hydroxyl groups is 1. The van der Waals surface area contributed by atoms with Crippen molar-refractivity contribution >= 4 is 11.9 Å². The van der Waals surface area contributed by atoms with Crippen LogP contribution in [0.1, 0.15) is 70.9 Å². The molecule has 0 aliphatic carbocycles. The van der Waals surface area contributed by atoms with Crippen LogP contribution in [0.3, 0.4) is 0 Å². The topological polar surface area (TPSA) is 76.1 Å². The summed E-state index contributed by atoms with van der Waals surface area (Å²) in [5.74, 6) is 0.706. The smallest absolute Gasteiger partial charge is 0.306 e. The van der Waals surface area contributed by atoms with Crippen molar-refractivity contribution in [2.45, 2.75) is 90.8 Å². The lowest BCUT2D eigenvalue weighted by Crippen LogP contribution is -2.64. The fourth-order valence-corrected chi connectivity index (χ4v) is 4.77. The number of hydrogen-bond donors (Lipinski definition) is 1. The van der Waals surface area contributed by atoms with Gasteiger partial charge in [-0.2, -0.15) is 0 Å². The van der Waals surface area contributed by atoms with E-state index in [4.69, 9.17) is 9.47 Å². The number of piperidine rings is 1. The third-order valence-corrected chi connectivity index (χ3v) is 5.87. The second-order valence-corrected chi connectivity index (χ2v) is 9.73. The first-order valence-electron chi connectivity index (χ1n) is 11.0. The van der Waals surface area contributed by atoms with Crippen LogP contribution < -0.4 is 4.74 Å². The monoisotopic (exact) mass is 431 g/mol. The number of hydrogen-bond acceptors (Lipinski definition) is 5. The Morgan fingerprint density at radius 1 is 1.13 bits per heavy atom. The number of carbonyl (C=O) groups is 2. The van der Waals surface area contributed by atoms with Crippen LogP contribution in [-0.2, 0) is 14.3 Å². The van der Waals surface area contributed by atoms with E-state index in [9.17, 15) is 14.7 Å². The number of phenolic OH excluding ortho intramolecular Hbond substituents is 1. The summed E-state index contributed by atoms with van der Waals surface area (Å²) in [6.45, 7) is 15.8. The molecule has 172 valence electrons. The Morgan fingerprint density at radius 2 is 1.68 bits per heavy atom. The van der Waals surface area contributed by atoms with Crippen molar-refractivity contribution in [1.29, 1.82) is 0 Å². The van der Waals surface area contributed by atoms with Crippen molar-refractivity contribution in [2.75, 3.05) is 6.61 Å². The van der Waals surface area contributed by atoms with Gasteiger partial charge in [-0.05, 0) is 83.7 Å². The quantitative estimate of drug-likeness (QED) is 0.362. The average Bonchev–Trinajstić information content (AvgIpc) is 2.63. The molecule has 0 bridgehead atoms. The van der Waals surface area contributed by atoms with Gasteiger partial charge in [0.05, 0.1) is 6.61 Å². The molecule has 1 aromatic carbocycles. The minimum atomic E-state index is -0.424. The third kappa shape index (κ3) is 6.25. The van der Waals surface area contributed by atoms with Crippen LogP contribution in [0.5, 0.6) is 11.5 Å². The summed E-state index contributed by atoms with van der Waals surface area (Å²) in [5, 5.41) is 9.82. The van der Waals surface area contributed by atoms with E-state index in [0.717, 1.165) is 23.3 Å². The normalized spacial score (nSPS) is 17.8. The standard InChI is InChI=1S/C25H37NO5/c1-8-21(27)26-24(4,5)15-20(16-25(26,6)7)31-22(28)11-9-10-12-30-19-13-17(2)23(29)18(3)14-19/h8,13-14,20,29H,1,9-12,15-16H2,2-7H3. The van der Waals surface area contributed by atoms with Gasteiger partial charge in [0.15, 0.2) is 0 Å². The van der Waals surface area contributed by atoms with Gasteiger partial charge < -0.3 is 19.5 Å². The number of rotatable bonds is 8. The van der Waals surface area contributed by atoms with Crippen LogP contribution in [0.2, 0.25) is 0 Å². The van der Waals surface area contributed by atoms with Crippen molar-refractivity contribution in [3.63, 3.8) is 0 Å². The minimum Gasteiger partial charge on any atom is -0.507 e. The Labute approximate surface area is 186 Å². The highest BCUT2D eigenvalue weighted by Gasteiger charge is 2.48. The zero-order valence-corrected chi connectivity index (χ0v) is 19.8. The zero-order chi connectivity index (χ0) is 23.4. The first-order chi connectivity index (χ1) is 14.4. The van der Waals surface area contributed by atoms with Gasteiger partial charge in [0.1, 0.15) is 17.6 Å². The van der Waals surface area contributed by atoms with Gasteiger partial charge >= 0.3 is 5.97 Å². The van der Waals surface area contributed by atoms with E-state index in [1.807, 2.05) is 58.6 Å². The van der Waals surface area contributed by atoms with Gasteiger partial charge in [-0.15, -0.1) is 0 Å². The number of benzene rings is 1. The molecule has 0 saturated carbocycles. The summed E-state index contributed by atoms with van der Waals surface area (Å²) in [4.78, 5) is 26.6. The Bertz CT molecular complexity index is 786. The molecule has 0 aromatic heterocycles. The van der Waals surface area contributed by atoms with Crippen LogP contribution in [-0.4, -0.2) is 45.7 Å². The molecule has 6 nitrogen and oxygen atoms in total. The molecule has 1 aliphatic heterocycles. The van der Waals surface area contributed by atoms with Crippen LogP contribution in [0, 0.1) is 13.8 Å². The number of carbonyl (C=O) groups excluding carboxylic acids is 2. The second kappa shape index (κ2) is 9.75. The van der Waals surface area contributed by atoms with Gasteiger partial charge in [-0.25, -0.2) is 0 Å². The van der Waals surface area contributed by atoms with Crippen molar-refractivity contribution in [3.05, 3.63) is 35.9 Å². The van der Waals surface area contributed by atoms with E-state index in [1.165, 1.54) is 6.08 Å². The molecule has 1 N–H and O–H groups in total. The third-order valence-electron chi connectivity index (χ3n) is 5.87. The van der Waals surface area contributed by atoms with E-state index in [-0.39, 0.29) is 18.0 Å². The molecule has 1 fully saturated rings. The summed E-state index contributed by atoms with van der Waals surface area (Å²) in [5.41, 5.74) is 0.716. The Morgan fingerprint density at radius 3 is 2.19 bits per heavy atom. The van der Waals surface area contributed by atoms with Crippen molar-refractivity contribution < 1.29 is 24.2 Å². The lowest BCUT2D eigenvalue weighted by atomic mass is 9.78. The summed E-state index contributed by atoms with van der Waals surface area (Å²) in [6.07, 6.45) is 4.08. The van der Waals surface area contributed by atoms with Gasteiger partial charge in [-0.3, -0.25) is 9.59 Å². The molecule has 31 heavy (non-hydrogen) atoms. The molecule has 1 amide bonds. The van der Waals surface area contributed by atoms with Gasteiger partial charge in [0.2, 0.25) is 5.91 Å². The number of phenols is 1. The number of likely N-dealkylation sites (tertiary alicyclic amines) is 1. The average molecular weight is 432 g/mol. The number of aryl methyl sites for hydroxylation is 2. The Kier molecular flexibility index (Phi) is 7.79. The largest absolute Gasteiger partial charge is 0.507 e. The first-order valence-corrected chi connectivity index (χ1v) is 11.0. The molecule has 0 radical (unpaired) electrons. The summed E-state index contributed by atoms with van der Waals surface area (Å²) < 4.78 is 11.5. The predicted molar refractivity (Wildman–Crippen MR) is 121 cm³/mol. The number of esters is 1. The molecule has 1 heterocycles. The van der Waals surface area contributed by atoms with E-state index in [0.29, 0.717) is 38.0 Å². The SMILES string of the molecule is C=CC(=O)N1C(C)(C)CC(OC(=O)CCCCOc2cc(C)c(O)c(C)c2)CC1(C)C. The molecule has 0 spiro atoms. The summed E-state index contributed by atoms with van der Waals surface area (Å²) >= 11 is 0. The number of amides is 1. The Hall–Kier alpha value is -2.50. The second-order valence-electron chi connectivity index (χ2n) is 9.73. The van der Waals surface area contributed by atoms with E-state index in [2.05, 4.69) is 6.58 Å². The Balaban J connectivity index is 1.79. The maximum absolute atomic E-state index is 12.4. The highest BCUT2D eigenvalue weighted by Crippen LogP contribution is 2.40. The van der Waals surface area contributed by atoms with Crippen LogP contribution >= 0.6 is 0 Å². The van der Waals surface area contributed by atoms with Crippen LogP contribution in [0.4, 0.5) is 0 Å². The minimum absolute atomic E-state index is 0.0983. The van der Waals surface area contributed by atoms with Crippen molar-refractivity contribution in [3.8, 4) is 11.5 Å². The fourth-order valence-electron chi connectivity index (χ4n) is 4.77. The first kappa shape index (κ1) is 24.8. The van der Waals surface area contributed by atoms with Crippen molar-refractivity contribution in [2.24, 2.45) is 0 Å². The molecule has 1 saturated heterocycles. The summed E-state index contributed by atoms with van der Waals surface area (Å²) in [6, 6.07) is 3.62. The van der Waals surface area contributed by atoms with Gasteiger partial charge in [0, 0.05) is 30.3 Å². The zero-order valence-electron chi connectivity index (χ0n) is 19.8. The lowest BCUT2D eigenvalue weighted by molar-refractivity contribution is -0.165. The van der Waals surface area contributed by atoms with Crippen LogP contribution in [0.15, 0.2) is 24.8 Å². The molecule has 0 unspecified atom stereocenters. The molecule has 6 heteroatoms. The van der Waals surface area contributed by atoms with Gasteiger partial charge in [-0.1, -0.05) is 6.58 Å². The van der Waals surface area contributed by atoms with E-state index in [1.54, 1.807) is 0 Å². The van der Waals surface area contributed by atoms with Crippen LogP contribution in [0.25, 0.3) is 0 Å². The molecular formula is C25H37NO5. The molecule has 0 atom stereocenters. The fraction of sp³-hybridized carbons (Fsp3) is 0.600. The van der Waals surface area contributed by atoms with E-state index >= 15 is 0 Å². The molecule has 2 rings (SSSR count). The number of unbranched alkanes of at least 4 members (excludes halogenated alkanes) is 1. The molecule has 1 aromatic rings. The van der Waals surface area contributed by atoms with E-state index < -0.39 is 11.1 Å². The molecular weight excluding hydrogens is 394 g/mol. The maximum atomic E-state index is 12.4. The van der Waals surface area contributed by atoms with Gasteiger partial charge in [0.25, 0.3) is 0 Å². The lowest BCUT2D eigenvalue weighted by Gasteiger charge is -2.54. The maximum Gasteiger partial charge on any atom is 0.306 e. The highest BCUT2D eigenvalue weighted by molar-refractivity contribution is 5.88. The molecule has 1 aliphatic rings. The summed E-state index contributed by atoms with van der Waals surface area (Å²) in [7, 11) is 0. The number of nitrogens with zero attached hydrogens (tertiary/aromatic N) is 1. The number of ether oxygens (including phenoxy) is 2. The highest BCUT2D eigenvalue weighted by atomic mass is 16.5. The van der Waals surface area contributed by atoms with Crippen molar-refractivity contribution in [1.82, 2.24) is 4.90 Å². The predicted octanol–water partition coefficient (Wildman–Crippen LogP) is 4.84.